The molecule has 2 heterocycles. The summed E-state index contributed by atoms with van der Waals surface area (Å²) in [4.78, 5) is 85.9. The van der Waals surface area contributed by atoms with E-state index in [-0.39, 0.29) is 116 Å². The smallest absolute Gasteiger partial charge is 0.257 e. The quantitative estimate of drug-likeness (QED) is 0.119. The van der Waals surface area contributed by atoms with Crippen molar-refractivity contribution >= 4 is 35.4 Å². The fourth-order valence-corrected chi connectivity index (χ4v) is 10.1. The lowest BCUT2D eigenvalue weighted by atomic mass is 9.90. The van der Waals surface area contributed by atoms with Gasteiger partial charge in [-0.3, -0.25) is 28.8 Å². The summed E-state index contributed by atoms with van der Waals surface area (Å²) >= 11 is 0. The van der Waals surface area contributed by atoms with Gasteiger partial charge in [-0.05, 0) is 95.2 Å². The first-order chi connectivity index (χ1) is 34.7. The van der Waals surface area contributed by atoms with Crippen LogP contribution in [0.4, 0.5) is 0 Å². The molecule has 4 fully saturated rings. The zero-order valence-corrected chi connectivity index (χ0v) is 42.2. The number of rotatable bonds is 16. The summed E-state index contributed by atoms with van der Waals surface area (Å²) in [6, 6.07) is 8.39. The van der Waals surface area contributed by atoms with Crippen molar-refractivity contribution in [3.63, 3.8) is 0 Å². The number of carbonyl (C=O) groups is 6. The number of ether oxygens (including phenoxy) is 6. The molecule has 6 amide bonds. The molecule has 390 valence electrons. The van der Waals surface area contributed by atoms with Crippen molar-refractivity contribution < 1.29 is 57.2 Å². The number of piperidine rings is 2. The second-order valence-electron chi connectivity index (χ2n) is 19.0. The second-order valence-corrected chi connectivity index (χ2v) is 19.0. The Balaban J connectivity index is 0.930. The van der Waals surface area contributed by atoms with E-state index < -0.39 is 11.8 Å². The number of nitrogens with two attached hydrogens (primary N) is 2. The number of benzene rings is 3. The molecule has 8 N–H and O–H groups in total. The number of nitrogens with one attached hydrogen (secondary N) is 4. The van der Waals surface area contributed by atoms with Crippen LogP contribution in [0, 0.1) is 0 Å². The zero-order valence-electron chi connectivity index (χ0n) is 42.2. The Morgan fingerprint density at radius 2 is 0.569 bits per heavy atom. The van der Waals surface area contributed by atoms with Crippen molar-refractivity contribution in [3.8, 4) is 34.5 Å². The third-order valence-electron chi connectivity index (χ3n) is 14.5. The van der Waals surface area contributed by atoms with E-state index in [0.717, 1.165) is 0 Å². The summed E-state index contributed by atoms with van der Waals surface area (Å²) in [5, 5.41) is 12.4. The largest absolute Gasteiger partial charge is 0.496 e. The Bertz CT molecular complexity index is 2310. The van der Waals surface area contributed by atoms with Crippen molar-refractivity contribution in [3.05, 3.63) is 69.8 Å². The van der Waals surface area contributed by atoms with Gasteiger partial charge in [0.05, 0.1) is 76.0 Å². The lowest BCUT2D eigenvalue weighted by molar-refractivity contribution is 0.0702. The van der Waals surface area contributed by atoms with Gasteiger partial charge in [0.15, 0.2) is 0 Å². The van der Waals surface area contributed by atoms with Crippen molar-refractivity contribution in [2.24, 2.45) is 11.5 Å². The molecule has 0 spiro atoms. The molecule has 2 aliphatic heterocycles. The molecule has 0 bridgehead atoms. The van der Waals surface area contributed by atoms with Gasteiger partial charge in [-0.2, -0.15) is 0 Å². The van der Waals surface area contributed by atoms with Crippen LogP contribution in [-0.2, 0) is 0 Å². The highest BCUT2D eigenvalue weighted by atomic mass is 16.5. The van der Waals surface area contributed by atoms with Crippen LogP contribution in [-0.4, -0.2) is 150 Å². The molecule has 2 saturated carbocycles. The van der Waals surface area contributed by atoms with E-state index in [0.29, 0.717) is 115 Å². The molecule has 0 aromatic heterocycles. The van der Waals surface area contributed by atoms with Gasteiger partial charge < -0.3 is 71.0 Å². The number of hydrogen-bond donors (Lipinski definition) is 6. The summed E-state index contributed by atoms with van der Waals surface area (Å²) in [7, 11) is 8.71. The predicted molar refractivity (Wildman–Crippen MR) is 267 cm³/mol. The Kier molecular flexibility index (Phi) is 17.7. The first kappa shape index (κ1) is 53.0. The number of likely N-dealkylation sites (tertiary alicyclic amines) is 2. The minimum absolute atomic E-state index is 0.0456. The van der Waals surface area contributed by atoms with Crippen LogP contribution >= 0.6 is 0 Å². The maximum atomic E-state index is 13.9. The molecular formula is C52H70N8O12. The standard InChI is InChI=1S/C52H70N8O12/c1-67-41-26-42(68-2)36(48(62)56-32-9-13-34(14-10-32)58-50(64)38-25-40(46(72-6)28-44(38)70-4)52(66)60-21-17-30(54)18-22-60)23-35(41)47(61)55-31-7-11-33(12-8-31)57-49(63)37-24-39(45(71-5)27-43(37)69-3)51(65)59-19-15-29(53)16-20-59/h23-34H,7-22,53-54H2,1-6H3,(H,55,61)(H,56,62)(H,57,63)(H,58,64). The molecule has 20 nitrogen and oxygen atoms in total. The average Bonchev–Trinajstić information content (AvgIpc) is 3.40. The molecule has 2 saturated heterocycles. The van der Waals surface area contributed by atoms with E-state index in [9.17, 15) is 28.8 Å². The minimum Gasteiger partial charge on any atom is -0.496 e. The van der Waals surface area contributed by atoms with E-state index in [1.54, 1.807) is 21.9 Å². The summed E-state index contributed by atoms with van der Waals surface area (Å²) in [6.07, 6.45) is 7.30. The summed E-state index contributed by atoms with van der Waals surface area (Å²) in [5.41, 5.74) is 13.4. The van der Waals surface area contributed by atoms with E-state index in [2.05, 4.69) is 21.3 Å². The second kappa shape index (κ2) is 24.1. The summed E-state index contributed by atoms with van der Waals surface area (Å²) in [5.74, 6) is -0.492. The molecule has 3 aromatic rings. The Morgan fingerprint density at radius 1 is 0.361 bits per heavy atom. The van der Waals surface area contributed by atoms with Crippen LogP contribution in [0.25, 0.3) is 0 Å². The molecule has 3 aromatic carbocycles. The third-order valence-corrected chi connectivity index (χ3v) is 14.5. The first-order valence-corrected chi connectivity index (χ1v) is 24.8. The number of amides is 6. The van der Waals surface area contributed by atoms with Gasteiger partial charge in [0.25, 0.3) is 35.4 Å². The molecule has 20 heteroatoms. The number of nitrogens with zero attached hydrogens (tertiary/aromatic N) is 2. The van der Waals surface area contributed by atoms with Gasteiger partial charge in [-0.15, -0.1) is 0 Å². The van der Waals surface area contributed by atoms with E-state index in [1.165, 1.54) is 66.9 Å². The van der Waals surface area contributed by atoms with Gasteiger partial charge in [-0.25, -0.2) is 0 Å². The van der Waals surface area contributed by atoms with Crippen molar-refractivity contribution in [1.29, 1.82) is 0 Å². The molecule has 2 aliphatic carbocycles. The lowest BCUT2D eigenvalue weighted by Crippen LogP contribution is -2.44. The van der Waals surface area contributed by atoms with Crippen LogP contribution < -0.4 is 61.2 Å². The maximum Gasteiger partial charge on any atom is 0.257 e. The third kappa shape index (κ3) is 12.3. The lowest BCUT2D eigenvalue weighted by Gasteiger charge is -2.31. The van der Waals surface area contributed by atoms with E-state index in [1.807, 2.05) is 0 Å². The Labute approximate surface area is 420 Å². The average molecular weight is 999 g/mol. The molecule has 72 heavy (non-hydrogen) atoms. The molecule has 0 unspecified atom stereocenters. The van der Waals surface area contributed by atoms with Gasteiger partial charge in [0.2, 0.25) is 0 Å². The van der Waals surface area contributed by atoms with Crippen LogP contribution in [0.5, 0.6) is 34.5 Å². The highest BCUT2D eigenvalue weighted by molar-refractivity contribution is 6.05. The van der Waals surface area contributed by atoms with Crippen molar-refractivity contribution in [1.82, 2.24) is 31.1 Å². The van der Waals surface area contributed by atoms with Crippen LogP contribution in [0.1, 0.15) is 139 Å². The monoisotopic (exact) mass is 999 g/mol. The van der Waals surface area contributed by atoms with Crippen LogP contribution in [0.3, 0.4) is 0 Å². The molecule has 4 aliphatic rings. The SMILES string of the molecule is COc1cc(OC)c(C(=O)NC2CCC(NC(=O)c3cc(C(=O)N4CCC(N)CC4)c(OC)cc3OC)CC2)cc1C(=O)NC1CCC(NC(=O)c2cc(C(=O)N3CCC(N)CC3)c(OC)cc2OC)CC1. The molecule has 0 radical (unpaired) electrons. The number of carbonyl (C=O) groups excluding carboxylic acids is 6. The predicted octanol–water partition coefficient (Wildman–Crippen LogP) is 3.81. The fourth-order valence-electron chi connectivity index (χ4n) is 10.1. The first-order valence-electron chi connectivity index (χ1n) is 24.8. The Hall–Kier alpha value is -6.80. The molecular weight excluding hydrogens is 929 g/mol. The van der Waals surface area contributed by atoms with Gasteiger partial charge >= 0.3 is 0 Å². The van der Waals surface area contributed by atoms with E-state index >= 15 is 0 Å². The summed E-state index contributed by atoms with van der Waals surface area (Å²) in [6.45, 7) is 2.05. The van der Waals surface area contributed by atoms with Gasteiger partial charge in [-0.1, -0.05) is 0 Å². The van der Waals surface area contributed by atoms with Gasteiger partial charge in [0, 0.05) is 80.6 Å². The minimum atomic E-state index is -0.427. The fraction of sp³-hybridized carbons (Fsp3) is 0.538. The normalized spacial score (nSPS) is 20.6. The topological polar surface area (TPSA) is 264 Å². The van der Waals surface area contributed by atoms with Crippen molar-refractivity contribution in [2.75, 3.05) is 68.8 Å². The van der Waals surface area contributed by atoms with Crippen molar-refractivity contribution in [2.45, 2.75) is 113 Å². The van der Waals surface area contributed by atoms with E-state index in [4.69, 9.17) is 39.9 Å². The number of methoxy groups -OCH3 is 6. The summed E-state index contributed by atoms with van der Waals surface area (Å²) < 4.78 is 33.4. The zero-order chi connectivity index (χ0) is 51.6. The van der Waals surface area contributed by atoms with Crippen LogP contribution in [0.15, 0.2) is 36.4 Å². The van der Waals surface area contributed by atoms with Gasteiger partial charge in [0.1, 0.15) is 34.5 Å². The Morgan fingerprint density at radius 3 is 0.792 bits per heavy atom. The number of hydrogen-bond acceptors (Lipinski definition) is 14. The maximum absolute atomic E-state index is 13.9. The molecule has 0 atom stereocenters. The molecule has 7 rings (SSSR count). The van der Waals surface area contributed by atoms with Crippen LogP contribution in [0.2, 0.25) is 0 Å². The highest BCUT2D eigenvalue weighted by Gasteiger charge is 2.33. The highest BCUT2D eigenvalue weighted by Crippen LogP contribution is 2.35.